The lowest BCUT2D eigenvalue weighted by molar-refractivity contribution is -0.120. The fourth-order valence-electron chi connectivity index (χ4n) is 2.92. The lowest BCUT2D eigenvalue weighted by Crippen LogP contribution is -2.30. The number of rotatable bonds is 8. The van der Waals surface area contributed by atoms with Crippen LogP contribution in [0.3, 0.4) is 0 Å². The number of anilines is 1. The molecule has 1 atom stereocenters. The van der Waals surface area contributed by atoms with E-state index in [1.165, 1.54) is 19.1 Å². The van der Waals surface area contributed by atoms with Crippen LogP contribution in [0.1, 0.15) is 47.8 Å². The van der Waals surface area contributed by atoms with Gasteiger partial charge in [-0.1, -0.05) is 18.2 Å². The highest BCUT2D eigenvalue weighted by molar-refractivity contribution is 5.94. The highest BCUT2D eigenvalue weighted by atomic mass is 16.5. The topological polar surface area (TPSA) is 105 Å². The SMILES string of the molecule is CCOc1ccccc1C(CC(=O)Nc1ccc(C(=O)O)c(C)c1)NC(C)=O. The van der Waals surface area contributed by atoms with Crippen molar-refractivity contribution in [2.75, 3.05) is 11.9 Å². The maximum absolute atomic E-state index is 12.6. The van der Waals surface area contributed by atoms with E-state index in [4.69, 9.17) is 9.84 Å². The van der Waals surface area contributed by atoms with Gasteiger partial charge in [0, 0.05) is 18.2 Å². The number of carbonyl (C=O) groups excluding carboxylic acids is 2. The molecule has 148 valence electrons. The number of nitrogens with one attached hydrogen (secondary N) is 2. The van der Waals surface area contributed by atoms with Gasteiger partial charge < -0.3 is 20.5 Å². The molecule has 28 heavy (non-hydrogen) atoms. The molecule has 0 aromatic heterocycles. The molecule has 0 fully saturated rings. The van der Waals surface area contributed by atoms with E-state index in [1.807, 2.05) is 25.1 Å². The predicted molar refractivity (Wildman–Crippen MR) is 106 cm³/mol. The van der Waals surface area contributed by atoms with Crippen molar-refractivity contribution in [1.82, 2.24) is 5.32 Å². The van der Waals surface area contributed by atoms with E-state index in [0.29, 0.717) is 29.2 Å². The smallest absolute Gasteiger partial charge is 0.335 e. The molecule has 2 amide bonds. The number of benzene rings is 2. The van der Waals surface area contributed by atoms with Gasteiger partial charge in [-0.05, 0) is 43.7 Å². The van der Waals surface area contributed by atoms with Crippen molar-refractivity contribution in [2.24, 2.45) is 0 Å². The summed E-state index contributed by atoms with van der Waals surface area (Å²) in [7, 11) is 0. The molecule has 2 aromatic rings. The van der Waals surface area contributed by atoms with Crippen molar-refractivity contribution in [3.05, 3.63) is 59.2 Å². The van der Waals surface area contributed by atoms with Crippen LogP contribution in [0.2, 0.25) is 0 Å². The highest BCUT2D eigenvalue weighted by Crippen LogP contribution is 2.28. The summed E-state index contributed by atoms with van der Waals surface area (Å²) in [5.74, 6) is -0.981. The molecular formula is C21H24N2O5. The van der Waals surface area contributed by atoms with Gasteiger partial charge in [-0.25, -0.2) is 4.79 Å². The third kappa shape index (κ3) is 5.57. The highest BCUT2D eigenvalue weighted by Gasteiger charge is 2.21. The van der Waals surface area contributed by atoms with Crippen LogP contribution in [-0.2, 0) is 9.59 Å². The van der Waals surface area contributed by atoms with Crippen LogP contribution in [0, 0.1) is 6.92 Å². The molecule has 0 aliphatic heterocycles. The van der Waals surface area contributed by atoms with Gasteiger partial charge in [-0.3, -0.25) is 9.59 Å². The van der Waals surface area contributed by atoms with E-state index >= 15 is 0 Å². The molecule has 0 saturated heterocycles. The van der Waals surface area contributed by atoms with Gasteiger partial charge in [0.1, 0.15) is 5.75 Å². The second-order valence-corrected chi connectivity index (χ2v) is 6.31. The van der Waals surface area contributed by atoms with Crippen molar-refractivity contribution in [3.63, 3.8) is 0 Å². The van der Waals surface area contributed by atoms with E-state index in [-0.39, 0.29) is 23.8 Å². The molecule has 7 nitrogen and oxygen atoms in total. The average Bonchev–Trinajstić information content (AvgIpc) is 2.61. The Bertz CT molecular complexity index is 879. The molecule has 2 aromatic carbocycles. The van der Waals surface area contributed by atoms with E-state index in [1.54, 1.807) is 19.1 Å². The number of ether oxygens (including phenoxy) is 1. The van der Waals surface area contributed by atoms with Gasteiger partial charge >= 0.3 is 5.97 Å². The molecule has 0 aliphatic rings. The maximum atomic E-state index is 12.6. The van der Waals surface area contributed by atoms with Crippen molar-refractivity contribution in [3.8, 4) is 5.75 Å². The van der Waals surface area contributed by atoms with E-state index in [0.717, 1.165) is 0 Å². The number of aryl methyl sites for hydroxylation is 1. The summed E-state index contributed by atoms with van der Waals surface area (Å²) in [4.78, 5) is 35.3. The Morgan fingerprint density at radius 3 is 2.46 bits per heavy atom. The van der Waals surface area contributed by atoms with Gasteiger partial charge in [0.25, 0.3) is 0 Å². The van der Waals surface area contributed by atoms with Crippen LogP contribution in [0.5, 0.6) is 5.75 Å². The summed E-state index contributed by atoms with van der Waals surface area (Å²) < 4.78 is 5.61. The van der Waals surface area contributed by atoms with Gasteiger partial charge in [0.2, 0.25) is 11.8 Å². The quantitative estimate of drug-likeness (QED) is 0.648. The first-order valence-corrected chi connectivity index (χ1v) is 8.94. The Morgan fingerprint density at radius 2 is 1.86 bits per heavy atom. The minimum absolute atomic E-state index is 0.00337. The van der Waals surface area contributed by atoms with Gasteiger partial charge in [0.05, 0.1) is 24.6 Å². The van der Waals surface area contributed by atoms with Crippen LogP contribution in [0.25, 0.3) is 0 Å². The fraction of sp³-hybridized carbons (Fsp3) is 0.286. The number of amides is 2. The summed E-state index contributed by atoms with van der Waals surface area (Å²) in [5, 5.41) is 14.6. The molecular weight excluding hydrogens is 360 g/mol. The minimum atomic E-state index is -1.02. The summed E-state index contributed by atoms with van der Waals surface area (Å²) in [6.07, 6.45) is 0.00337. The van der Waals surface area contributed by atoms with Crippen LogP contribution in [0.4, 0.5) is 5.69 Å². The first-order valence-electron chi connectivity index (χ1n) is 8.94. The summed E-state index contributed by atoms with van der Waals surface area (Å²) >= 11 is 0. The van der Waals surface area contributed by atoms with Crippen LogP contribution < -0.4 is 15.4 Å². The van der Waals surface area contributed by atoms with Crippen LogP contribution >= 0.6 is 0 Å². The molecule has 0 bridgehead atoms. The lowest BCUT2D eigenvalue weighted by atomic mass is 10.0. The standard InChI is InChI=1S/C21H24N2O5/c1-4-28-19-8-6-5-7-17(19)18(22-14(3)24)12-20(25)23-15-9-10-16(21(26)27)13(2)11-15/h5-11,18H,4,12H2,1-3H3,(H,22,24)(H,23,25)(H,26,27). The summed E-state index contributed by atoms with van der Waals surface area (Å²) in [6.45, 7) is 5.38. The van der Waals surface area contributed by atoms with Crippen molar-refractivity contribution >= 4 is 23.5 Å². The van der Waals surface area contributed by atoms with E-state index in [9.17, 15) is 14.4 Å². The number of hydrogen-bond donors (Lipinski definition) is 3. The Balaban J connectivity index is 2.19. The molecule has 0 heterocycles. The van der Waals surface area contributed by atoms with Gasteiger partial charge in [-0.15, -0.1) is 0 Å². The molecule has 0 saturated carbocycles. The number of aromatic carboxylic acids is 1. The molecule has 3 N–H and O–H groups in total. The molecule has 2 rings (SSSR count). The molecule has 7 heteroatoms. The number of carboxylic acids is 1. The minimum Gasteiger partial charge on any atom is -0.494 e. The number of hydrogen-bond acceptors (Lipinski definition) is 4. The number of para-hydroxylation sites is 1. The van der Waals surface area contributed by atoms with Crippen molar-refractivity contribution < 1.29 is 24.2 Å². The zero-order valence-electron chi connectivity index (χ0n) is 16.1. The Kier molecular flexibility index (Phi) is 7.14. The number of carboxylic acid groups (broad SMARTS) is 1. The largest absolute Gasteiger partial charge is 0.494 e. The molecule has 0 aliphatic carbocycles. The Labute approximate surface area is 163 Å². The van der Waals surface area contributed by atoms with Gasteiger partial charge in [0.15, 0.2) is 0 Å². The molecule has 0 radical (unpaired) electrons. The predicted octanol–water partition coefficient (Wildman–Crippen LogP) is 3.30. The first-order chi connectivity index (χ1) is 13.3. The Hall–Kier alpha value is -3.35. The van der Waals surface area contributed by atoms with Crippen molar-refractivity contribution in [1.29, 1.82) is 0 Å². The third-order valence-electron chi connectivity index (χ3n) is 4.10. The fourth-order valence-corrected chi connectivity index (χ4v) is 2.92. The van der Waals surface area contributed by atoms with E-state index in [2.05, 4.69) is 10.6 Å². The third-order valence-corrected chi connectivity index (χ3v) is 4.10. The zero-order valence-corrected chi connectivity index (χ0v) is 16.1. The monoisotopic (exact) mass is 384 g/mol. The normalized spacial score (nSPS) is 11.4. The maximum Gasteiger partial charge on any atom is 0.335 e. The van der Waals surface area contributed by atoms with Crippen LogP contribution in [-0.4, -0.2) is 29.5 Å². The zero-order chi connectivity index (χ0) is 20.7. The molecule has 0 spiro atoms. The average molecular weight is 384 g/mol. The van der Waals surface area contributed by atoms with Crippen LogP contribution in [0.15, 0.2) is 42.5 Å². The lowest BCUT2D eigenvalue weighted by Gasteiger charge is -2.21. The summed E-state index contributed by atoms with van der Waals surface area (Å²) in [6, 6.07) is 11.3. The number of carbonyl (C=O) groups is 3. The second kappa shape index (κ2) is 9.55. The Morgan fingerprint density at radius 1 is 1.14 bits per heavy atom. The summed E-state index contributed by atoms with van der Waals surface area (Å²) in [5.41, 5.74) is 1.93. The first kappa shape index (κ1) is 21.0. The van der Waals surface area contributed by atoms with E-state index < -0.39 is 12.0 Å². The van der Waals surface area contributed by atoms with Crippen molar-refractivity contribution in [2.45, 2.75) is 33.2 Å². The second-order valence-electron chi connectivity index (χ2n) is 6.31. The van der Waals surface area contributed by atoms with Gasteiger partial charge in [-0.2, -0.15) is 0 Å². The molecule has 1 unspecified atom stereocenters.